The molecule has 2 rings (SSSR count). The highest BCUT2D eigenvalue weighted by atomic mass is 16.2. The van der Waals surface area contributed by atoms with Gasteiger partial charge in [0.25, 0.3) is 0 Å². The van der Waals surface area contributed by atoms with Gasteiger partial charge in [0.15, 0.2) is 0 Å². The second-order valence-corrected chi connectivity index (χ2v) is 5.71. The molecule has 1 saturated carbocycles. The molecule has 1 aromatic rings. The SMILES string of the molecule is CCCCN(C(=O)C1CCCC1CN)c1ccccc1. The molecule has 2 atom stereocenters. The molecule has 0 aromatic heterocycles. The molecule has 3 nitrogen and oxygen atoms in total. The van der Waals surface area contributed by atoms with Crippen LogP contribution in [0, 0.1) is 11.8 Å². The summed E-state index contributed by atoms with van der Waals surface area (Å²) in [4.78, 5) is 14.9. The highest BCUT2D eigenvalue weighted by molar-refractivity contribution is 5.95. The lowest BCUT2D eigenvalue weighted by atomic mass is 9.94. The van der Waals surface area contributed by atoms with Crippen LogP contribution in [-0.4, -0.2) is 19.0 Å². The summed E-state index contributed by atoms with van der Waals surface area (Å²) in [6.07, 6.45) is 5.37. The van der Waals surface area contributed by atoms with Gasteiger partial charge >= 0.3 is 0 Å². The first-order chi connectivity index (χ1) is 9.77. The summed E-state index contributed by atoms with van der Waals surface area (Å²) >= 11 is 0. The van der Waals surface area contributed by atoms with Gasteiger partial charge in [0, 0.05) is 18.2 Å². The number of carbonyl (C=O) groups excluding carboxylic acids is 1. The lowest BCUT2D eigenvalue weighted by molar-refractivity contribution is -0.123. The van der Waals surface area contributed by atoms with Crippen molar-refractivity contribution in [2.24, 2.45) is 17.6 Å². The molecule has 0 bridgehead atoms. The average Bonchev–Trinajstić information content (AvgIpc) is 2.97. The van der Waals surface area contributed by atoms with Crippen LogP contribution < -0.4 is 10.6 Å². The predicted molar refractivity (Wildman–Crippen MR) is 83.6 cm³/mol. The molecular weight excluding hydrogens is 248 g/mol. The van der Waals surface area contributed by atoms with E-state index in [2.05, 4.69) is 6.92 Å². The first kappa shape index (κ1) is 15.0. The highest BCUT2D eigenvalue weighted by Crippen LogP contribution is 2.33. The van der Waals surface area contributed by atoms with Gasteiger partial charge in [-0.3, -0.25) is 4.79 Å². The van der Waals surface area contributed by atoms with Crippen molar-refractivity contribution in [1.29, 1.82) is 0 Å². The maximum absolute atomic E-state index is 12.9. The number of hydrogen-bond acceptors (Lipinski definition) is 2. The number of hydrogen-bond donors (Lipinski definition) is 1. The third kappa shape index (κ3) is 3.40. The number of rotatable bonds is 6. The van der Waals surface area contributed by atoms with Crippen LogP contribution in [0.1, 0.15) is 39.0 Å². The Kier molecular flexibility index (Phi) is 5.60. The van der Waals surface area contributed by atoms with Crippen LogP contribution >= 0.6 is 0 Å². The Morgan fingerprint density at radius 1 is 1.30 bits per heavy atom. The average molecular weight is 274 g/mol. The van der Waals surface area contributed by atoms with Gasteiger partial charge in [-0.25, -0.2) is 0 Å². The molecule has 0 aliphatic heterocycles. The second kappa shape index (κ2) is 7.44. The molecule has 1 amide bonds. The van der Waals surface area contributed by atoms with Crippen molar-refractivity contribution in [2.75, 3.05) is 18.0 Å². The van der Waals surface area contributed by atoms with Crippen molar-refractivity contribution < 1.29 is 4.79 Å². The molecular formula is C17H26N2O. The summed E-state index contributed by atoms with van der Waals surface area (Å²) < 4.78 is 0. The third-order valence-corrected chi connectivity index (χ3v) is 4.35. The van der Waals surface area contributed by atoms with Gasteiger partial charge in [-0.2, -0.15) is 0 Å². The number of unbranched alkanes of at least 4 members (excludes halogenated alkanes) is 1. The van der Waals surface area contributed by atoms with E-state index in [0.29, 0.717) is 12.5 Å². The number of nitrogens with two attached hydrogens (primary N) is 1. The monoisotopic (exact) mass is 274 g/mol. The van der Waals surface area contributed by atoms with Crippen molar-refractivity contribution in [3.63, 3.8) is 0 Å². The Hall–Kier alpha value is -1.35. The Bertz CT molecular complexity index is 418. The summed E-state index contributed by atoms with van der Waals surface area (Å²) in [5.41, 5.74) is 6.85. The fraction of sp³-hybridized carbons (Fsp3) is 0.588. The van der Waals surface area contributed by atoms with Crippen molar-refractivity contribution >= 4 is 11.6 Å². The number of benzene rings is 1. The smallest absolute Gasteiger partial charge is 0.230 e. The van der Waals surface area contributed by atoms with Gasteiger partial charge in [0.2, 0.25) is 5.91 Å². The molecule has 0 spiro atoms. The lowest BCUT2D eigenvalue weighted by Gasteiger charge is -2.28. The first-order valence-electron chi connectivity index (χ1n) is 7.84. The van der Waals surface area contributed by atoms with Crippen LogP contribution in [0.2, 0.25) is 0 Å². The minimum absolute atomic E-state index is 0.122. The molecule has 1 aliphatic carbocycles. The molecule has 0 heterocycles. The maximum atomic E-state index is 12.9. The molecule has 20 heavy (non-hydrogen) atoms. The van der Waals surface area contributed by atoms with E-state index in [9.17, 15) is 4.79 Å². The number of amides is 1. The van der Waals surface area contributed by atoms with Crippen LogP contribution in [-0.2, 0) is 4.79 Å². The van der Waals surface area contributed by atoms with Gasteiger partial charge in [-0.05, 0) is 43.9 Å². The van der Waals surface area contributed by atoms with E-state index in [1.807, 2.05) is 35.2 Å². The zero-order valence-corrected chi connectivity index (χ0v) is 12.4. The molecule has 1 fully saturated rings. The Balaban J connectivity index is 2.15. The van der Waals surface area contributed by atoms with E-state index in [4.69, 9.17) is 5.73 Å². The van der Waals surface area contributed by atoms with E-state index in [-0.39, 0.29) is 11.8 Å². The van der Waals surface area contributed by atoms with E-state index in [0.717, 1.165) is 44.3 Å². The Morgan fingerprint density at radius 3 is 2.70 bits per heavy atom. The molecule has 1 aromatic carbocycles. The minimum Gasteiger partial charge on any atom is -0.330 e. The van der Waals surface area contributed by atoms with Crippen molar-refractivity contribution in [2.45, 2.75) is 39.0 Å². The van der Waals surface area contributed by atoms with Crippen LogP contribution in [0.5, 0.6) is 0 Å². The number of carbonyl (C=O) groups is 1. The van der Waals surface area contributed by atoms with Gasteiger partial charge in [-0.15, -0.1) is 0 Å². The normalized spacial score (nSPS) is 21.9. The van der Waals surface area contributed by atoms with Gasteiger partial charge < -0.3 is 10.6 Å². The zero-order valence-electron chi connectivity index (χ0n) is 12.4. The minimum atomic E-state index is 0.122. The van der Waals surface area contributed by atoms with Crippen LogP contribution in [0.3, 0.4) is 0 Å². The zero-order chi connectivity index (χ0) is 14.4. The summed E-state index contributed by atoms with van der Waals surface area (Å²) in [5, 5.41) is 0. The van der Waals surface area contributed by atoms with Crippen molar-refractivity contribution in [3.05, 3.63) is 30.3 Å². The second-order valence-electron chi connectivity index (χ2n) is 5.71. The summed E-state index contributed by atoms with van der Waals surface area (Å²) in [7, 11) is 0. The van der Waals surface area contributed by atoms with E-state index in [1.54, 1.807) is 0 Å². The van der Waals surface area contributed by atoms with Gasteiger partial charge in [0.1, 0.15) is 0 Å². The molecule has 1 aliphatic rings. The molecule has 2 unspecified atom stereocenters. The van der Waals surface area contributed by atoms with Crippen molar-refractivity contribution in [3.8, 4) is 0 Å². The van der Waals surface area contributed by atoms with Crippen LogP contribution in [0.4, 0.5) is 5.69 Å². The fourth-order valence-corrected chi connectivity index (χ4v) is 3.13. The number of anilines is 1. The largest absolute Gasteiger partial charge is 0.330 e. The molecule has 0 saturated heterocycles. The molecule has 3 heteroatoms. The fourth-order valence-electron chi connectivity index (χ4n) is 3.13. The Morgan fingerprint density at radius 2 is 2.05 bits per heavy atom. The first-order valence-corrected chi connectivity index (χ1v) is 7.84. The third-order valence-electron chi connectivity index (χ3n) is 4.35. The number of para-hydroxylation sites is 1. The highest BCUT2D eigenvalue weighted by Gasteiger charge is 2.34. The van der Waals surface area contributed by atoms with E-state index >= 15 is 0 Å². The summed E-state index contributed by atoms with van der Waals surface area (Å²) in [6.45, 7) is 3.60. The molecule has 2 N–H and O–H groups in total. The standard InChI is InChI=1S/C17H26N2O/c1-2-3-12-19(15-9-5-4-6-10-15)17(20)16-11-7-8-14(16)13-18/h4-6,9-10,14,16H,2-3,7-8,11-13,18H2,1H3. The summed E-state index contributed by atoms with van der Waals surface area (Å²) in [6, 6.07) is 10.0. The number of nitrogens with zero attached hydrogens (tertiary/aromatic N) is 1. The lowest BCUT2D eigenvalue weighted by Crippen LogP contribution is -2.39. The van der Waals surface area contributed by atoms with E-state index < -0.39 is 0 Å². The van der Waals surface area contributed by atoms with Gasteiger partial charge in [-0.1, -0.05) is 38.0 Å². The molecule has 110 valence electrons. The van der Waals surface area contributed by atoms with Crippen molar-refractivity contribution in [1.82, 2.24) is 0 Å². The quantitative estimate of drug-likeness (QED) is 0.866. The van der Waals surface area contributed by atoms with Crippen LogP contribution in [0.15, 0.2) is 30.3 Å². The van der Waals surface area contributed by atoms with Gasteiger partial charge in [0.05, 0.1) is 0 Å². The maximum Gasteiger partial charge on any atom is 0.230 e. The van der Waals surface area contributed by atoms with Crippen LogP contribution in [0.25, 0.3) is 0 Å². The Labute approximate surface area is 122 Å². The topological polar surface area (TPSA) is 46.3 Å². The summed E-state index contributed by atoms with van der Waals surface area (Å²) in [5.74, 6) is 0.769. The predicted octanol–water partition coefficient (Wildman–Crippen LogP) is 3.19. The van der Waals surface area contributed by atoms with E-state index in [1.165, 1.54) is 0 Å². The molecule has 0 radical (unpaired) electrons.